The van der Waals surface area contributed by atoms with Gasteiger partial charge in [0.25, 0.3) is 0 Å². The van der Waals surface area contributed by atoms with E-state index in [1.165, 1.54) is 12.1 Å². The summed E-state index contributed by atoms with van der Waals surface area (Å²) in [7, 11) is 0. The molecule has 0 aliphatic heterocycles. The van der Waals surface area contributed by atoms with Gasteiger partial charge in [-0.05, 0) is 42.3 Å². The number of halogens is 3. The van der Waals surface area contributed by atoms with E-state index >= 15 is 0 Å². The molecule has 1 aromatic carbocycles. The smallest absolute Gasteiger partial charge is 0.349 e. The van der Waals surface area contributed by atoms with Crippen LogP contribution >= 0.6 is 0 Å². The van der Waals surface area contributed by atoms with E-state index in [0.717, 1.165) is 17.7 Å². The van der Waals surface area contributed by atoms with Gasteiger partial charge in [-0.3, -0.25) is 14.6 Å². The van der Waals surface area contributed by atoms with Crippen molar-refractivity contribution in [2.75, 3.05) is 0 Å². The summed E-state index contributed by atoms with van der Waals surface area (Å²) in [5, 5.41) is 2.82. The van der Waals surface area contributed by atoms with E-state index in [-0.39, 0.29) is 36.5 Å². The van der Waals surface area contributed by atoms with Gasteiger partial charge in [0.1, 0.15) is 5.78 Å². The zero-order chi connectivity index (χ0) is 20.9. The van der Waals surface area contributed by atoms with E-state index in [4.69, 9.17) is 0 Å². The van der Waals surface area contributed by atoms with Gasteiger partial charge in [-0.1, -0.05) is 26.0 Å². The molecular weight excluding hydrogens is 369 g/mol. The Kier molecular flexibility index (Phi) is 6.94. The number of nitrogens with one attached hydrogen (secondary N) is 1. The standard InChI is InChI=1S/C21H23F3N2O2/c1-13(2)19(27)12-18-11-16(8-9-25-18)14(3)26-20(28)10-15-4-6-17(7-5-15)21(22,23)24/h4-9,11,13-14H,10,12H2,1-3H3,(H,26,28). The summed E-state index contributed by atoms with van der Waals surface area (Å²) >= 11 is 0. The number of amides is 1. The third-order valence-corrected chi connectivity index (χ3v) is 4.36. The Hall–Kier alpha value is -2.70. The predicted molar refractivity (Wildman–Crippen MR) is 99.5 cm³/mol. The van der Waals surface area contributed by atoms with Crippen LogP contribution in [0.3, 0.4) is 0 Å². The first-order chi connectivity index (χ1) is 13.1. The lowest BCUT2D eigenvalue weighted by atomic mass is 10.0. The fourth-order valence-corrected chi connectivity index (χ4v) is 2.62. The maximum Gasteiger partial charge on any atom is 0.416 e. The Balaban J connectivity index is 1.97. The molecule has 0 saturated carbocycles. The van der Waals surface area contributed by atoms with Crippen molar-refractivity contribution in [3.8, 4) is 0 Å². The number of Topliss-reactive ketones (excluding diaryl/α,β-unsaturated/α-hetero) is 1. The first kappa shape index (κ1) is 21.6. The lowest BCUT2D eigenvalue weighted by Crippen LogP contribution is -2.28. The van der Waals surface area contributed by atoms with Gasteiger partial charge in [-0.25, -0.2) is 0 Å². The molecule has 0 aliphatic rings. The van der Waals surface area contributed by atoms with Gasteiger partial charge in [0.2, 0.25) is 5.91 Å². The molecule has 150 valence electrons. The zero-order valence-corrected chi connectivity index (χ0v) is 16.0. The zero-order valence-electron chi connectivity index (χ0n) is 16.0. The van der Waals surface area contributed by atoms with Gasteiger partial charge in [-0.15, -0.1) is 0 Å². The summed E-state index contributed by atoms with van der Waals surface area (Å²) in [6, 6.07) is 7.75. The second-order valence-corrected chi connectivity index (χ2v) is 7.04. The van der Waals surface area contributed by atoms with Crippen molar-refractivity contribution in [1.29, 1.82) is 0 Å². The Labute approximate surface area is 162 Å². The Bertz CT molecular complexity index is 830. The average molecular weight is 392 g/mol. The molecule has 0 spiro atoms. The molecule has 0 bridgehead atoms. The van der Waals surface area contributed by atoms with Gasteiger partial charge >= 0.3 is 6.18 Å². The fourth-order valence-electron chi connectivity index (χ4n) is 2.62. The molecule has 1 N–H and O–H groups in total. The van der Waals surface area contributed by atoms with Crippen LogP contribution < -0.4 is 5.32 Å². The second-order valence-electron chi connectivity index (χ2n) is 7.04. The van der Waals surface area contributed by atoms with Crippen LogP contribution in [0.5, 0.6) is 0 Å². The van der Waals surface area contributed by atoms with E-state index in [0.29, 0.717) is 11.3 Å². The molecule has 7 heteroatoms. The molecular formula is C21H23F3N2O2. The average Bonchev–Trinajstić information content (AvgIpc) is 2.61. The first-order valence-corrected chi connectivity index (χ1v) is 8.99. The molecule has 4 nitrogen and oxygen atoms in total. The van der Waals surface area contributed by atoms with Gasteiger partial charge < -0.3 is 5.32 Å². The number of aromatic nitrogens is 1. The third kappa shape index (κ3) is 6.18. The van der Waals surface area contributed by atoms with Crippen molar-refractivity contribution in [1.82, 2.24) is 10.3 Å². The molecule has 1 unspecified atom stereocenters. The highest BCUT2D eigenvalue weighted by Gasteiger charge is 2.30. The van der Waals surface area contributed by atoms with E-state index in [9.17, 15) is 22.8 Å². The topological polar surface area (TPSA) is 59.1 Å². The molecule has 0 saturated heterocycles. The molecule has 1 aromatic heterocycles. The van der Waals surface area contributed by atoms with Gasteiger partial charge in [-0.2, -0.15) is 13.2 Å². The maximum absolute atomic E-state index is 12.6. The van der Waals surface area contributed by atoms with Crippen molar-refractivity contribution in [3.63, 3.8) is 0 Å². The molecule has 1 atom stereocenters. The molecule has 2 rings (SSSR count). The third-order valence-electron chi connectivity index (χ3n) is 4.36. The van der Waals surface area contributed by atoms with Crippen LogP contribution in [0.4, 0.5) is 13.2 Å². The number of hydrogen-bond donors (Lipinski definition) is 1. The van der Waals surface area contributed by atoms with Crippen molar-refractivity contribution < 1.29 is 22.8 Å². The summed E-state index contributed by atoms with van der Waals surface area (Å²) < 4.78 is 37.8. The molecule has 2 aromatic rings. The van der Waals surface area contributed by atoms with Crippen molar-refractivity contribution >= 4 is 11.7 Å². The number of carbonyl (C=O) groups is 2. The minimum absolute atomic E-state index is 0.0216. The quantitative estimate of drug-likeness (QED) is 0.765. The second kappa shape index (κ2) is 8.99. The first-order valence-electron chi connectivity index (χ1n) is 8.99. The van der Waals surface area contributed by atoms with Crippen LogP contribution in [0.25, 0.3) is 0 Å². The highest BCUT2D eigenvalue weighted by atomic mass is 19.4. The number of ketones is 1. The largest absolute Gasteiger partial charge is 0.416 e. The van der Waals surface area contributed by atoms with Gasteiger partial charge in [0, 0.05) is 24.2 Å². The fraction of sp³-hybridized carbons (Fsp3) is 0.381. The number of alkyl halides is 3. The molecule has 1 amide bonds. The summed E-state index contributed by atoms with van der Waals surface area (Å²) in [6.07, 6.45) is -2.59. The minimum Gasteiger partial charge on any atom is -0.349 e. The molecule has 0 aliphatic carbocycles. The number of benzene rings is 1. The number of carbonyl (C=O) groups excluding carboxylic acids is 2. The minimum atomic E-state index is -4.40. The monoisotopic (exact) mass is 392 g/mol. The van der Waals surface area contributed by atoms with Crippen LogP contribution in [0.15, 0.2) is 42.6 Å². The lowest BCUT2D eigenvalue weighted by molar-refractivity contribution is -0.137. The Morgan fingerprint density at radius 3 is 2.25 bits per heavy atom. The van der Waals surface area contributed by atoms with Crippen LogP contribution in [0.1, 0.15) is 49.2 Å². The van der Waals surface area contributed by atoms with Crippen molar-refractivity contribution in [2.24, 2.45) is 5.92 Å². The molecule has 28 heavy (non-hydrogen) atoms. The van der Waals surface area contributed by atoms with E-state index in [1.807, 2.05) is 13.8 Å². The van der Waals surface area contributed by atoms with Crippen LogP contribution in [0, 0.1) is 5.92 Å². The van der Waals surface area contributed by atoms with Crippen molar-refractivity contribution in [3.05, 3.63) is 65.0 Å². The van der Waals surface area contributed by atoms with Gasteiger partial charge in [0.05, 0.1) is 18.0 Å². The van der Waals surface area contributed by atoms with E-state index in [2.05, 4.69) is 10.3 Å². The van der Waals surface area contributed by atoms with Gasteiger partial charge in [0.15, 0.2) is 0 Å². The lowest BCUT2D eigenvalue weighted by Gasteiger charge is -2.15. The Morgan fingerprint density at radius 1 is 1.04 bits per heavy atom. The van der Waals surface area contributed by atoms with Crippen LogP contribution in [-0.4, -0.2) is 16.7 Å². The summed E-state index contributed by atoms with van der Waals surface area (Å²) in [4.78, 5) is 28.3. The number of hydrogen-bond acceptors (Lipinski definition) is 3. The summed E-state index contributed by atoms with van der Waals surface area (Å²) in [6.45, 7) is 5.46. The van der Waals surface area contributed by atoms with Crippen molar-refractivity contribution in [2.45, 2.75) is 45.8 Å². The highest BCUT2D eigenvalue weighted by Crippen LogP contribution is 2.29. The van der Waals surface area contributed by atoms with E-state index < -0.39 is 11.7 Å². The SMILES string of the molecule is CC(C)C(=O)Cc1cc(C(C)NC(=O)Cc2ccc(C(F)(F)F)cc2)ccn1. The molecule has 1 heterocycles. The molecule has 0 radical (unpaired) electrons. The summed E-state index contributed by atoms with van der Waals surface area (Å²) in [5.41, 5.74) is 1.20. The Morgan fingerprint density at radius 2 is 1.68 bits per heavy atom. The number of nitrogens with zero attached hydrogens (tertiary/aromatic N) is 1. The van der Waals surface area contributed by atoms with Crippen LogP contribution in [0.2, 0.25) is 0 Å². The normalized spacial score (nSPS) is 12.7. The van der Waals surface area contributed by atoms with Crippen LogP contribution in [-0.2, 0) is 28.6 Å². The number of rotatable bonds is 7. The highest BCUT2D eigenvalue weighted by molar-refractivity contribution is 5.82. The van der Waals surface area contributed by atoms with E-state index in [1.54, 1.807) is 25.3 Å². The number of pyridine rings is 1. The predicted octanol–water partition coefficient (Wildman–Crippen LogP) is 4.29. The maximum atomic E-state index is 12.6. The molecule has 0 fully saturated rings. The summed E-state index contributed by atoms with van der Waals surface area (Å²) in [5.74, 6) is -0.293.